The molecule has 5 nitrogen and oxygen atoms in total. The molecule has 1 saturated carbocycles. The number of hydrogen-bond acceptors (Lipinski definition) is 3. The highest BCUT2D eigenvalue weighted by Crippen LogP contribution is 2.40. The van der Waals surface area contributed by atoms with E-state index in [1.54, 1.807) is 7.11 Å². The molecular formula is C18H26F3N3O2. The minimum atomic E-state index is -4.69. The van der Waals surface area contributed by atoms with Gasteiger partial charge in [0.2, 0.25) is 0 Å². The molecule has 0 spiro atoms. The zero-order valence-corrected chi connectivity index (χ0v) is 14.9. The summed E-state index contributed by atoms with van der Waals surface area (Å²) in [6.07, 6.45) is 1.04. The van der Waals surface area contributed by atoms with Gasteiger partial charge in [0.15, 0.2) is 5.96 Å². The largest absolute Gasteiger partial charge is 0.573 e. The Balaban J connectivity index is 1.83. The number of nitrogens with zero attached hydrogens (tertiary/aromatic N) is 1. The van der Waals surface area contributed by atoms with Crippen LogP contribution in [0.25, 0.3) is 0 Å². The summed E-state index contributed by atoms with van der Waals surface area (Å²) in [5.74, 6) is 0.0851. The molecule has 0 radical (unpaired) electrons. The van der Waals surface area contributed by atoms with Crippen molar-refractivity contribution in [1.29, 1.82) is 0 Å². The van der Waals surface area contributed by atoms with Crippen LogP contribution in [0, 0.1) is 5.41 Å². The summed E-state index contributed by atoms with van der Waals surface area (Å²) < 4.78 is 45.5. The summed E-state index contributed by atoms with van der Waals surface area (Å²) in [5, 5.41) is 3.19. The van der Waals surface area contributed by atoms with Gasteiger partial charge in [0.05, 0.1) is 6.54 Å². The highest BCUT2D eigenvalue weighted by molar-refractivity contribution is 5.77. The third-order valence-corrected chi connectivity index (χ3v) is 4.73. The molecule has 0 atom stereocenters. The van der Waals surface area contributed by atoms with Gasteiger partial charge in [0, 0.05) is 20.3 Å². The number of alkyl halides is 3. The molecular weight excluding hydrogens is 347 g/mol. The van der Waals surface area contributed by atoms with Crippen LogP contribution < -0.4 is 15.8 Å². The zero-order valence-electron chi connectivity index (χ0n) is 14.9. The molecule has 3 N–H and O–H groups in total. The smallest absolute Gasteiger partial charge is 0.406 e. The minimum absolute atomic E-state index is 0.201. The number of rotatable bonds is 8. The van der Waals surface area contributed by atoms with Crippen molar-refractivity contribution in [2.45, 2.75) is 45.0 Å². The van der Waals surface area contributed by atoms with E-state index in [0.717, 1.165) is 38.0 Å². The summed E-state index contributed by atoms with van der Waals surface area (Å²) in [7, 11) is 1.71. The zero-order chi connectivity index (χ0) is 19.0. The van der Waals surface area contributed by atoms with Crippen LogP contribution in [0.3, 0.4) is 0 Å². The summed E-state index contributed by atoms with van der Waals surface area (Å²) >= 11 is 0. The fourth-order valence-corrected chi connectivity index (χ4v) is 3.27. The van der Waals surface area contributed by atoms with Crippen molar-refractivity contribution in [2.24, 2.45) is 16.1 Å². The van der Waals surface area contributed by atoms with Crippen LogP contribution in [0.15, 0.2) is 29.3 Å². The highest BCUT2D eigenvalue weighted by Gasteiger charge is 2.33. The van der Waals surface area contributed by atoms with Crippen LogP contribution in [0.4, 0.5) is 13.2 Å². The molecule has 2 rings (SSSR count). The predicted molar refractivity (Wildman–Crippen MR) is 93.8 cm³/mol. The third kappa shape index (κ3) is 6.74. The van der Waals surface area contributed by atoms with Crippen LogP contribution in [0.2, 0.25) is 0 Å². The number of guanidine groups is 1. The lowest BCUT2D eigenvalue weighted by Crippen LogP contribution is -2.40. The Morgan fingerprint density at radius 2 is 1.88 bits per heavy atom. The van der Waals surface area contributed by atoms with E-state index in [1.807, 2.05) is 0 Å². The number of halogens is 3. The molecule has 26 heavy (non-hydrogen) atoms. The summed E-state index contributed by atoms with van der Waals surface area (Å²) in [6.45, 7) is 1.77. The van der Waals surface area contributed by atoms with Crippen molar-refractivity contribution >= 4 is 5.96 Å². The molecule has 8 heteroatoms. The third-order valence-electron chi connectivity index (χ3n) is 4.73. The van der Waals surface area contributed by atoms with Gasteiger partial charge >= 0.3 is 6.36 Å². The molecule has 0 saturated heterocycles. The van der Waals surface area contributed by atoms with E-state index < -0.39 is 6.36 Å². The molecule has 0 aliphatic heterocycles. The number of aliphatic imine (C=N–C) groups is 1. The van der Waals surface area contributed by atoms with Crippen molar-refractivity contribution in [3.63, 3.8) is 0 Å². The Kier molecular flexibility index (Phi) is 7.14. The Morgan fingerprint density at radius 1 is 1.23 bits per heavy atom. The van der Waals surface area contributed by atoms with E-state index in [-0.39, 0.29) is 17.7 Å². The summed E-state index contributed by atoms with van der Waals surface area (Å²) in [4.78, 5) is 4.26. The van der Waals surface area contributed by atoms with E-state index in [2.05, 4.69) is 15.0 Å². The van der Waals surface area contributed by atoms with E-state index in [4.69, 9.17) is 10.5 Å². The normalized spacial score (nSPS) is 17.3. The Labute approximate surface area is 151 Å². The van der Waals surface area contributed by atoms with Crippen LogP contribution in [0.1, 0.15) is 37.7 Å². The number of hydrogen-bond donors (Lipinski definition) is 2. The van der Waals surface area contributed by atoms with Crippen LogP contribution in [0.5, 0.6) is 5.75 Å². The lowest BCUT2D eigenvalue weighted by atomic mass is 9.83. The second-order valence-electron chi connectivity index (χ2n) is 6.70. The standard InChI is InChI=1S/C18H26F3N3O2/c1-25-11-10-17(8-2-3-9-17)13-24-16(22)23-12-14-4-6-15(7-5-14)26-18(19,20)21/h4-7H,2-3,8-13H2,1H3,(H3,22,23,24). The summed E-state index contributed by atoms with van der Waals surface area (Å²) in [5.41, 5.74) is 6.88. The molecule has 1 aliphatic rings. The monoisotopic (exact) mass is 373 g/mol. The molecule has 0 unspecified atom stereocenters. The number of nitrogens with two attached hydrogens (primary N) is 1. The topological polar surface area (TPSA) is 68.9 Å². The Hall–Kier alpha value is -1.96. The van der Waals surface area contributed by atoms with E-state index >= 15 is 0 Å². The lowest BCUT2D eigenvalue weighted by molar-refractivity contribution is -0.274. The lowest BCUT2D eigenvalue weighted by Gasteiger charge is -2.29. The Bertz CT molecular complexity index is 582. The average Bonchev–Trinajstić information content (AvgIpc) is 3.05. The predicted octanol–water partition coefficient (Wildman–Crippen LogP) is 3.59. The van der Waals surface area contributed by atoms with Crippen molar-refractivity contribution in [1.82, 2.24) is 5.32 Å². The van der Waals surface area contributed by atoms with Gasteiger partial charge < -0.3 is 20.5 Å². The quantitative estimate of drug-likeness (QED) is 0.540. The second kappa shape index (κ2) is 9.12. The van der Waals surface area contributed by atoms with Crippen LogP contribution >= 0.6 is 0 Å². The van der Waals surface area contributed by atoms with Gasteiger partial charge in [0.1, 0.15) is 5.75 Å². The van der Waals surface area contributed by atoms with Gasteiger partial charge in [-0.05, 0) is 42.4 Å². The summed E-state index contributed by atoms with van der Waals surface area (Å²) in [6, 6.07) is 5.60. The van der Waals surface area contributed by atoms with Gasteiger partial charge in [-0.2, -0.15) is 0 Å². The van der Waals surface area contributed by atoms with Crippen molar-refractivity contribution < 1.29 is 22.6 Å². The molecule has 1 aromatic rings. The van der Waals surface area contributed by atoms with Crippen molar-refractivity contribution in [3.8, 4) is 5.75 Å². The Morgan fingerprint density at radius 3 is 2.46 bits per heavy atom. The first-order valence-electron chi connectivity index (χ1n) is 8.69. The molecule has 0 bridgehead atoms. The van der Waals surface area contributed by atoms with Gasteiger partial charge in [-0.15, -0.1) is 13.2 Å². The van der Waals surface area contributed by atoms with Crippen LogP contribution in [-0.2, 0) is 11.3 Å². The fourth-order valence-electron chi connectivity index (χ4n) is 3.27. The first-order valence-corrected chi connectivity index (χ1v) is 8.69. The van der Waals surface area contributed by atoms with Gasteiger partial charge in [-0.3, -0.25) is 0 Å². The number of benzene rings is 1. The van der Waals surface area contributed by atoms with Gasteiger partial charge in [-0.1, -0.05) is 25.0 Å². The van der Waals surface area contributed by atoms with Crippen LogP contribution in [-0.4, -0.2) is 32.6 Å². The minimum Gasteiger partial charge on any atom is -0.406 e. The molecule has 0 amide bonds. The first-order chi connectivity index (χ1) is 12.3. The molecule has 1 aromatic carbocycles. The second-order valence-corrected chi connectivity index (χ2v) is 6.70. The maximum atomic E-state index is 12.1. The maximum absolute atomic E-state index is 12.1. The molecule has 0 heterocycles. The van der Waals surface area contributed by atoms with E-state index in [0.29, 0.717) is 5.96 Å². The molecule has 1 fully saturated rings. The highest BCUT2D eigenvalue weighted by atomic mass is 19.4. The number of nitrogens with one attached hydrogen (secondary N) is 1. The fraction of sp³-hybridized carbons (Fsp3) is 0.611. The van der Waals surface area contributed by atoms with E-state index in [9.17, 15) is 13.2 Å². The molecule has 0 aromatic heterocycles. The van der Waals surface area contributed by atoms with Gasteiger partial charge in [0.25, 0.3) is 0 Å². The first kappa shape index (κ1) is 20.4. The average molecular weight is 373 g/mol. The SMILES string of the molecule is COCCC1(CNC(N)=NCc2ccc(OC(F)(F)F)cc2)CCCC1. The molecule has 146 valence electrons. The maximum Gasteiger partial charge on any atom is 0.573 e. The van der Waals surface area contributed by atoms with Crippen molar-refractivity contribution in [2.75, 3.05) is 20.3 Å². The van der Waals surface area contributed by atoms with E-state index in [1.165, 1.54) is 37.1 Å². The number of methoxy groups -OCH3 is 1. The van der Waals surface area contributed by atoms with Gasteiger partial charge in [-0.25, -0.2) is 4.99 Å². The molecule has 1 aliphatic carbocycles. The van der Waals surface area contributed by atoms with Crippen molar-refractivity contribution in [3.05, 3.63) is 29.8 Å². The number of ether oxygens (including phenoxy) is 2.